The number of halogens is 2. The molecule has 114 valence electrons. The lowest BCUT2D eigenvalue weighted by Crippen LogP contribution is -2.43. The average molecular weight is 363 g/mol. The van der Waals surface area contributed by atoms with Crippen molar-refractivity contribution in [1.82, 2.24) is 4.90 Å². The van der Waals surface area contributed by atoms with Crippen LogP contribution in [-0.2, 0) is 4.79 Å². The minimum absolute atomic E-state index is 0.0669. The van der Waals surface area contributed by atoms with Crippen molar-refractivity contribution in [3.05, 3.63) is 28.2 Å². The Kier molecular flexibility index (Phi) is 6.29. The van der Waals surface area contributed by atoms with Crippen LogP contribution in [0, 0.1) is 0 Å². The Morgan fingerprint density at radius 1 is 1.43 bits per heavy atom. The number of thioether (sulfide) groups is 2. The zero-order valence-corrected chi connectivity index (χ0v) is 15.0. The van der Waals surface area contributed by atoms with Crippen molar-refractivity contribution in [3.63, 3.8) is 0 Å². The lowest BCUT2D eigenvalue weighted by molar-refractivity contribution is -0.126. The Balaban J connectivity index is 2.27. The zero-order valence-electron chi connectivity index (χ0n) is 11.8. The molecule has 1 aromatic rings. The third-order valence-electron chi connectivity index (χ3n) is 3.08. The number of hydrogen-bond donors (Lipinski definition) is 0. The highest BCUT2D eigenvalue weighted by atomic mass is 35.5. The van der Waals surface area contributed by atoms with Crippen molar-refractivity contribution >= 4 is 63.5 Å². The van der Waals surface area contributed by atoms with Gasteiger partial charge in [0.25, 0.3) is 0 Å². The Morgan fingerprint density at radius 3 is 2.86 bits per heavy atom. The van der Waals surface area contributed by atoms with Crippen molar-refractivity contribution in [1.29, 1.82) is 0 Å². The highest BCUT2D eigenvalue weighted by molar-refractivity contribution is 8.13. The monoisotopic (exact) mass is 362 g/mol. The molecule has 0 bridgehead atoms. The van der Waals surface area contributed by atoms with E-state index in [1.54, 1.807) is 46.6 Å². The molecule has 3 nitrogen and oxygen atoms in total. The molecule has 1 saturated heterocycles. The SMILES string of the molecule is CSC(C)C(=O)N1CCCSC1=Nc1ccc(Cl)c(Cl)c1. The summed E-state index contributed by atoms with van der Waals surface area (Å²) >= 11 is 15.1. The van der Waals surface area contributed by atoms with Gasteiger partial charge in [-0.1, -0.05) is 35.0 Å². The van der Waals surface area contributed by atoms with Crippen LogP contribution in [0.3, 0.4) is 0 Å². The van der Waals surface area contributed by atoms with Crippen LogP contribution in [0.15, 0.2) is 23.2 Å². The molecule has 0 radical (unpaired) electrons. The van der Waals surface area contributed by atoms with Crippen molar-refractivity contribution in [3.8, 4) is 0 Å². The van der Waals surface area contributed by atoms with E-state index in [2.05, 4.69) is 4.99 Å². The predicted molar refractivity (Wildman–Crippen MR) is 95.3 cm³/mol. The predicted octanol–water partition coefficient (Wildman–Crippen LogP) is 4.70. The summed E-state index contributed by atoms with van der Waals surface area (Å²) in [5.74, 6) is 1.07. The molecule has 21 heavy (non-hydrogen) atoms. The molecule has 0 aromatic heterocycles. The molecule has 2 rings (SSSR count). The van der Waals surface area contributed by atoms with Crippen LogP contribution in [0.1, 0.15) is 13.3 Å². The third-order valence-corrected chi connectivity index (χ3v) is 5.79. The number of rotatable bonds is 3. The number of carbonyl (C=O) groups is 1. The minimum atomic E-state index is -0.0669. The van der Waals surface area contributed by atoms with E-state index in [4.69, 9.17) is 23.2 Å². The third kappa shape index (κ3) is 4.31. The number of benzene rings is 1. The van der Waals surface area contributed by atoms with E-state index >= 15 is 0 Å². The van der Waals surface area contributed by atoms with Gasteiger partial charge in [0.05, 0.1) is 21.0 Å². The van der Waals surface area contributed by atoms with Gasteiger partial charge in [-0.15, -0.1) is 0 Å². The molecule has 1 aliphatic rings. The molecule has 1 atom stereocenters. The lowest BCUT2D eigenvalue weighted by atomic mass is 10.3. The minimum Gasteiger partial charge on any atom is -0.290 e. The summed E-state index contributed by atoms with van der Waals surface area (Å²) in [6.07, 6.45) is 2.92. The van der Waals surface area contributed by atoms with Crippen LogP contribution in [0.5, 0.6) is 0 Å². The largest absolute Gasteiger partial charge is 0.290 e. The van der Waals surface area contributed by atoms with Gasteiger partial charge in [0.15, 0.2) is 5.17 Å². The maximum atomic E-state index is 12.4. The molecule has 0 N–H and O–H groups in total. The second kappa shape index (κ2) is 7.77. The number of aliphatic imine (C=N–C) groups is 1. The number of amidine groups is 1. The Morgan fingerprint density at radius 2 is 2.19 bits per heavy atom. The first kappa shape index (κ1) is 17.0. The highest BCUT2D eigenvalue weighted by Crippen LogP contribution is 2.29. The van der Waals surface area contributed by atoms with Crippen molar-refractivity contribution < 1.29 is 4.79 Å². The van der Waals surface area contributed by atoms with E-state index < -0.39 is 0 Å². The summed E-state index contributed by atoms with van der Waals surface area (Å²) in [4.78, 5) is 18.8. The topological polar surface area (TPSA) is 32.7 Å². The Labute approximate surface area is 143 Å². The zero-order chi connectivity index (χ0) is 15.4. The van der Waals surface area contributed by atoms with Crippen molar-refractivity contribution in [2.75, 3.05) is 18.6 Å². The molecular weight excluding hydrogens is 347 g/mol. The summed E-state index contributed by atoms with van der Waals surface area (Å²) in [5, 5.41) is 1.64. The molecular formula is C14H16Cl2N2OS2. The number of nitrogens with zero attached hydrogens (tertiary/aromatic N) is 2. The van der Waals surface area contributed by atoms with Crippen LogP contribution < -0.4 is 0 Å². The first-order valence-corrected chi connectivity index (χ1v) is 9.56. The highest BCUT2D eigenvalue weighted by Gasteiger charge is 2.27. The van der Waals surface area contributed by atoms with E-state index in [1.807, 2.05) is 13.2 Å². The van der Waals surface area contributed by atoms with Crippen LogP contribution >= 0.6 is 46.7 Å². The van der Waals surface area contributed by atoms with Gasteiger partial charge < -0.3 is 0 Å². The van der Waals surface area contributed by atoms with Gasteiger partial charge in [0.2, 0.25) is 5.91 Å². The van der Waals surface area contributed by atoms with Gasteiger partial charge in [-0.3, -0.25) is 9.69 Å². The number of amides is 1. The number of carbonyl (C=O) groups excluding carboxylic acids is 1. The summed E-state index contributed by atoms with van der Waals surface area (Å²) in [6, 6.07) is 5.23. The van der Waals surface area contributed by atoms with Gasteiger partial charge >= 0.3 is 0 Å². The summed E-state index contributed by atoms with van der Waals surface area (Å²) in [5.41, 5.74) is 0.711. The molecule has 1 aliphatic heterocycles. The van der Waals surface area contributed by atoms with Crippen LogP contribution in [0.4, 0.5) is 5.69 Å². The molecule has 1 unspecified atom stereocenters. The van der Waals surface area contributed by atoms with E-state index in [0.29, 0.717) is 15.7 Å². The van der Waals surface area contributed by atoms with Crippen molar-refractivity contribution in [2.24, 2.45) is 4.99 Å². The molecule has 1 amide bonds. The average Bonchev–Trinajstić information content (AvgIpc) is 2.50. The summed E-state index contributed by atoms with van der Waals surface area (Å²) < 4.78 is 0. The van der Waals surface area contributed by atoms with Gasteiger partial charge in [-0.05, 0) is 37.8 Å². The van der Waals surface area contributed by atoms with Gasteiger partial charge in [-0.25, -0.2) is 4.99 Å². The smallest absolute Gasteiger partial charge is 0.241 e. The van der Waals surface area contributed by atoms with Gasteiger partial charge in [0, 0.05) is 12.3 Å². The number of hydrogen-bond acceptors (Lipinski definition) is 4. The van der Waals surface area contributed by atoms with E-state index in [9.17, 15) is 4.79 Å². The lowest BCUT2D eigenvalue weighted by Gasteiger charge is -2.29. The van der Waals surface area contributed by atoms with E-state index in [-0.39, 0.29) is 11.2 Å². The van der Waals surface area contributed by atoms with E-state index in [1.165, 1.54) is 0 Å². The van der Waals surface area contributed by atoms with Crippen LogP contribution in [0.25, 0.3) is 0 Å². The first-order chi connectivity index (χ1) is 10.0. The van der Waals surface area contributed by atoms with Crippen LogP contribution in [-0.4, -0.2) is 39.8 Å². The quantitative estimate of drug-likeness (QED) is 0.781. The van der Waals surface area contributed by atoms with Gasteiger partial charge in [0.1, 0.15) is 0 Å². The molecule has 1 aromatic carbocycles. The summed E-state index contributed by atoms with van der Waals surface area (Å²) in [7, 11) is 0. The first-order valence-electron chi connectivity index (χ1n) is 6.53. The maximum Gasteiger partial charge on any atom is 0.241 e. The fraction of sp³-hybridized carbons (Fsp3) is 0.429. The molecule has 1 heterocycles. The Bertz CT molecular complexity index is 566. The van der Waals surface area contributed by atoms with Crippen molar-refractivity contribution in [2.45, 2.75) is 18.6 Å². The fourth-order valence-electron chi connectivity index (χ4n) is 1.84. The summed E-state index contributed by atoms with van der Waals surface area (Å²) in [6.45, 7) is 2.64. The maximum absolute atomic E-state index is 12.4. The van der Waals surface area contributed by atoms with Crippen LogP contribution in [0.2, 0.25) is 10.0 Å². The molecule has 0 aliphatic carbocycles. The van der Waals surface area contributed by atoms with Gasteiger partial charge in [-0.2, -0.15) is 11.8 Å². The normalized spacial score (nSPS) is 18.9. The molecule has 1 fully saturated rings. The molecule has 7 heteroatoms. The molecule has 0 saturated carbocycles. The second-order valence-electron chi connectivity index (χ2n) is 4.56. The Hall–Kier alpha value is -0.360. The van der Waals surface area contributed by atoms with E-state index in [0.717, 1.165) is 23.9 Å². The fourth-order valence-corrected chi connectivity index (χ4v) is 3.43. The standard InChI is InChI=1S/C14H16Cl2N2OS2/c1-9(20-2)13(19)18-6-3-7-21-14(18)17-10-4-5-11(15)12(16)8-10/h4-5,8-9H,3,6-7H2,1-2H3. The second-order valence-corrected chi connectivity index (χ2v) is 7.62. The molecule has 0 spiro atoms.